The first-order valence-corrected chi connectivity index (χ1v) is 8.14. The second-order valence-electron chi connectivity index (χ2n) is 6.54. The van der Waals surface area contributed by atoms with Gasteiger partial charge in [0.25, 0.3) is 0 Å². The van der Waals surface area contributed by atoms with Crippen LogP contribution in [-0.2, 0) is 16.0 Å². The van der Waals surface area contributed by atoms with Gasteiger partial charge in [0.2, 0.25) is 0 Å². The van der Waals surface area contributed by atoms with Gasteiger partial charge in [0.1, 0.15) is 11.6 Å². The summed E-state index contributed by atoms with van der Waals surface area (Å²) in [5, 5.41) is 12.3. The topological polar surface area (TPSA) is 75.6 Å². The average molecular weight is 340 g/mol. The van der Waals surface area contributed by atoms with Crippen LogP contribution < -0.4 is 5.32 Å². The van der Waals surface area contributed by atoms with Crippen molar-refractivity contribution in [2.75, 3.05) is 0 Å². The van der Waals surface area contributed by atoms with E-state index in [0.29, 0.717) is 17.9 Å². The van der Waals surface area contributed by atoms with E-state index in [0.717, 1.165) is 18.4 Å². The number of rotatable bonds is 7. The van der Waals surface area contributed by atoms with E-state index < -0.39 is 23.7 Å². The number of ether oxygens (including phenoxy) is 1. The number of amides is 1. The molecule has 0 radical (unpaired) electrons. The van der Waals surface area contributed by atoms with Crippen molar-refractivity contribution in [3.8, 4) is 0 Å². The Bertz CT molecular complexity index is 584. The van der Waals surface area contributed by atoms with Crippen LogP contribution in [0.2, 0.25) is 5.02 Å². The van der Waals surface area contributed by atoms with E-state index in [-0.39, 0.29) is 5.92 Å². The molecule has 1 aromatic carbocycles. The van der Waals surface area contributed by atoms with Gasteiger partial charge in [0.15, 0.2) is 0 Å². The summed E-state index contributed by atoms with van der Waals surface area (Å²) in [6.07, 6.45) is 1.83. The van der Waals surface area contributed by atoms with Gasteiger partial charge in [-0.1, -0.05) is 37.6 Å². The van der Waals surface area contributed by atoms with Crippen LogP contribution in [0.5, 0.6) is 0 Å². The van der Waals surface area contributed by atoms with E-state index in [1.807, 2.05) is 32.0 Å². The molecule has 1 aliphatic rings. The molecule has 1 aromatic rings. The molecule has 2 N–H and O–H groups in total. The molecule has 1 fully saturated rings. The highest BCUT2D eigenvalue weighted by molar-refractivity contribution is 6.30. The molecule has 0 aromatic heterocycles. The molecule has 5 nitrogen and oxygen atoms in total. The van der Waals surface area contributed by atoms with Crippen molar-refractivity contribution in [3.63, 3.8) is 0 Å². The van der Waals surface area contributed by atoms with Gasteiger partial charge in [0, 0.05) is 11.4 Å². The molecule has 0 saturated heterocycles. The molecule has 0 bridgehead atoms. The van der Waals surface area contributed by atoms with Crippen LogP contribution in [0.15, 0.2) is 24.3 Å². The summed E-state index contributed by atoms with van der Waals surface area (Å²) in [5.41, 5.74) is 0.468. The van der Waals surface area contributed by atoms with Crippen LogP contribution in [0.3, 0.4) is 0 Å². The molecule has 0 unspecified atom stereocenters. The minimum absolute atomic E-state index is 0.165. The van der Waals surface area contributed by atoms with Crippen molar-refractivity contribution in [1.29, 1.82) is 0 Å². The number of benzene rings is 1. The highest BCUT2D eigenvalue weighted by atomic mass is 35.5. The highest BCUT2D eigenvalue weighted by Crippen LogP contribution is 2.42. The van der Waals surface area contributed by atoms with E-state index in [1.165, 1.54) is 0 Å². The van der Waals surface area contributed by atoms with Crippen molar-refractivity contribution in [1.82, 2.24) is 5.32 Å². The van der Waals surface area contributed by atoms with Crippen LogP contribution in [-0.4, -0.2) is 28.8 Å². The number of carbonyl (C=O) groups excluding carboxylic acids is 1. The van der Waals surface area contributed by atoms with Gasteiger partial charge in [-0.3, -0.25) is 0 Å². The van der Waals surface area contributed by atoms with Crippen LogP contribution >= 0.6 is 11.6 Å². The van der Waals surface area contributed by atoms with Gasteiger partial charge >= 0.3 is 12.1 Å². The van der Waals surface area contributed by atoms with E-state index >= 15 is 0 Å². The quantitative estimate of drug-likeness (QED) is 0.795. The maximum absolute atomic E-state index is 12.0. The third-order valence-corrected chi connectivity index (χ3v) is 4.06. The lowest BCUT2D eigenvalue weighted by atomic mass is 10.0. The first kappa shape index (κ1) is 17.6. The maximum atomic E-state index is 12.0. The number of carboxylic acids is 1. The van der Waals surface area contributed by atoms with E-state index in [2.05, 4.69) is 5.32 Å². The van der Waals surface area contributed by atoms with Crippen molar-refractivity contribution in [3.05, 3.63) is 34.9 Å². The van der Waals surface area contributed by atoms with Gasteiger partial charge in [-0.15, -0.1) is 0 Å². The first-order chi connectivity index (χ1) is 10.8. The molecule has 2 rings (SSSR count). The Morgan fingerprint density at radius 3 is 2.61 bits per heavy atom. The number of halogens is 1. The highest BCUT2D eigenvalue weighted by Gasteiger charge is 2.47. The molecule has 0 spiro atoms. The molecule has 1 saturated carbocycles. The molecule has 1 atom stereocenters. The predicted octanol–water partition coefficient (Wildman–Crippen LogP) is 3.64. The third-order valence-electron chi connectivity index (χ3n) is 3.83. The summed E-state index contributed by atoms with van der Waals surface area (Å²) in [6, 6.07) is 6.51. The SMILES string of the molecule is CC(C)C[C@H](NC(=O)OC1(Cc2cccc(Cl)c2)CC1)C(=O)O. The molecular formula is C17H22ClNO4. The molecule has 126 valence electrons. The number of carboxylic acid groups (broad SMARTS) is 1. The van der Waals surface area contributed by atoms with Gasteiger partial charge in [-0.25, -0.2) is 9.59 Å². The van der Waals surface area contributed by atoms with Gasteiger partial charge < -0.3 is 15.2 Å². The Kier molecular flexibility index (Phi) is 5.52. The van der Waals surface area contributed by atoms with Crippen LogP contribution in [0.1, 0.15) is 38.7 Å². The lowest BCUT2D eigenvalue weighted by Gasteiger charge is -2.20. The molecule has 1 aliphatic carbocycles. The first-order valence-electron chi connectivity index (χ1n) is 7.76. The zero-order valence-corrected chi connectivity index (χ0v) is 14.1. The van der Waals surface area contributed by atoms with E-state index in [4.69, 9.17) is 21.4 Å². The Morgan fingerprint density at radius 2 is 2.09 bits per heavy atom. The Hall–Kier alpha value is -1.75. The number of hydrogen-bond acceptors (Lipinski definition) is 3. The van der Waals surface area contributed by atoms with E-state index in [9.17, 15) is 9.59 Å². The van der Waals surface area contributed by atoms with Crippen molar-refractivity contribution in [2.45, 2.75) is 51.2 Å². The fourth-order valence-electron chi connectivity index (χ4n) is 2.53. The summed E-state index contributed by atoms with van der Waals surface area (Å²) in [6.45, 7) is 3.81. The monoisotopic (exact) mass is 339 g/mol. The molecule has 0 heterocycles. The second-order valence-corrected chi connectivity index (χ2v) is 6.98. The van der Waals surface area contributed by atoms with Gasteiger partial charge in [-0.2, -0.15) is 0 Å². The van der Waals surface area contributed by atoms with Crippen molar-refractivity contribution < 1.29 is 19.4 Å². The fourth-order valence-corrected chi connectivity index (χ4v) is 2.75. The molecule has 0 aliphatic heterocycles. The lowest BCUT2D eigenvalue weighted by Crippen LogP contribution is -2.43. The van der Waals surface area contributed by atoms with Crippen LogP contribution in [0.4, 0.5) is 4.79 Å². The Balaban J connectivity index is 1.92. The zero-order valence-electron chi connectivity index (χ0n) is 13.3. The number of nitrogens with one attached hydrogen (secondary N) is 1. The van der Waals surface area contributed by atoms with Gasteiger partial charge in [-0.05, 0) is 42.9 Å². The summed E-state index contributed by atoms with van der Waals surface area (Å²) in [4.78, 5) is 23.2. The number of carbonyl (C=O) groups is 2. The lowest BCUT2D eigenvalue weighted by molar-refractivity contribution is -0.139. The summed E-state index contributed by atoms with van der Waals surface area (Å²) >= 11 is 5.97. The predicted molar refractivity (Wildman–Crippen MR) is 87.6 cm³/mol. The maximum Gasteiger partial charge on any atom is 0.408 e. The minimum Gasteiger partial charge on any atom is -0.480 e. The number of aliphatic carboxylic acids is 1. The van der Waals surface area contributed by atoms with Crippen LogP contribution in [0.25, 0.3) is 0 Å². The Morgan fingerprint density at radius 1 is 1.39 bits per heavy atom. The fraction of sp³-hybridized carbons (Fsp3) is 0.529. The second kappa shape index (κ2) is 7.21. The molecule has 6 heteroatoms. The summed E-state index contributed by atoms with van der Waals surface area (Å²) < 4.78 is 5.50. The van der Waals surface area contributed by atoms with Gasteiger partial charge in [0.05, 0.1) is 0 Å². The van der Waals surface area contributed by atoms with Crippen LogP contribution in [0, 0.1) is 5.92 Å². The normalized spacial score (nSPS) is 16.7. The standard InChI is InChI=1S/C17H22ClNO4/c1-11(2)8-14(15(20)21)19-16(22)23-17(6-7-17)10-12-4-3-5-13(18)9-12/h3-5,9,11,14H,6-8,10H2,1-2H3,(H,19,22)(H,20,21)/t14-/m0/s1. The molecular weight excluding hydrogens is 318 g/mol. The van der Waals surface area contributed by atoms with Crippen molar-refractivity contribution in [2.24, 2.45) is 5.92 Å². The minimum atomic E-state index is -1.05. The zero-order chi connectivity index (χ0) is 17.0. The molecule has 23 heavy (non-hydrogen) atoms. The Labute approximate surface area is 141 Å². The smallest absolute Gasteiger partial charge is 0.408 e. The number of alkyl carbamates (subject to hydrolysis) is 1. The third kappa shape index (κ3) is 5.43. The van der Waals surface area contributed by atoms with Crippen molar-refractivity contribution >= 4 is 23.7 Å². The van der Waals surface area contributed by atoms with E-state index in [1.54, 1.807) is 6.07 Å². The molecule has 1 amide bonds. The average Bonchev–Trinajstić information content (AvgIpc) is 3.16. The summed E-state index contributed by atoms with van der Waals surface area (Å²) in [5.74, 6) is -0.881. The number of hydrogen-bond donors (Lipinski definition) is 2. The largest absolute Gasteiger partial charge is 0.480 e. The summed E-state index contributed by atoms with van der Waals surface area (Å²) in [7, 11) is 0.